The second-order valence-electron chi connectivity index (χ2n) is 32.9. The molecule has 0 radical (unpaired) electrons. The zero-order valence-electron chi connectivity index (χ0n) is 66.7. The van der Waals surface area contributed by atoms with Crippen LogP contribution < -0.4 is 0 Å². The highest BCUT2D eigenvalue weighted by Crippen LogP contribution is 2.62. The van der Waals surface area contributed by atoms with Gasteiger partial charge in [-0.25, -0.2) is 0 Å². The van der Waals surface area contributed by atoms with Crippen LogP contribution in [-0.2, 0) is 10.8 Å². The van der Waals surface area contributed by atoms with Crippen LogP contribution in [0.25, 0.3) is 176 Å². The van der Waals surface area contributed by atoms with Crippen LogP contribution in [0.2, 0.25) is 0 Å². The molecule has 0 fully saturated rings. The summed E-state index contributed by atoms with van der Waals surface area (Å²) in [6, 6.07) is 171. The van der Waals surface area contributed by atoms with Crippen LogP contribution in [0.1, 0.15) is 44.5 Å². The first-order valence-corrected chi connectivity index (χ1v) is 42.4. The maximum atomic E-state index is 2.47. The predicted molar refractivity (Wildman–Crippen MR) is 511 cm³/mol. The molecule has 26 rings (SSSR count). The van der Waals surface area contributed by atoms with Crippen LogP contribution >= 0.6 is 0 Å². The van der Waals surface area contributed by atoms with Crippen molar-refractivity contribution in [3.63, 3.8) is 0 Å². The molecule has 0 amide bonds. The van der Waals surface area contributed by atoms with Gasteiger partial charge in [0.15, 0.2) is 0 Å². The van der Waals surface area contributed by atoms with Crippen molar-refractivity contribution in [2.24, 2.45) is 0 Å². The van der Waals surface area contributed by atoms with Crippen LogP contribution in [0.15, 0.2) is 461 Å². The summed E-state index contributed by atoms with van der Waals surface area (Å²) >= 11 is 0. The van der Waals surface area contributed by atoms with E-state index in [1.165, 1.54) is 209 Å². The molecule has 0 N–H and O–H groups in total. The number of fused-ring (bicyclic) bond motifs is 22. The molecule has 4 nitrogen and oxygen atoms in total. The number of aromatic nitrogens is 4. The second kappa shape index (κ2) is 27.4. The summed E-state index contributed by atoms with van der Waals surface area (Å²) in [5.41, 5.74) is 33.6. The van der Waals surface area contributed by atoms with E-state index in [1.54, 1.807) is 0 Å². The van der Waals surface area contributed by atoms with Crippen molar-refractivity contribution in [2.75, 3.05) is 0 Å². The Balaban J connectivity index is 0.000000134. The summed E-state index contributed by atoms with van der Waals surface area (Å²) in [4.78, 5) is 0. The topological polar surface area (TPSA) is 19.7 Å². The van der Waals surface area contributed by atoms with Crippen LogP contribution in [0, 0.1) is 0 Å². The fourth-order valence-corrected chi connectivity index (χ4v) is 21.7. The lowest BCUT2D eigenvalue weighted by Crippen LogP contribution is -2.28. The molecule has 0 bridgehead atoms. The van der Waals surface area contributed by atoms with E-state index in [0.29, 0.717) is 0 Å². The summed E-state index contributed by atoms with van der Waals surface area (Å²) < 4.78 is 9.77. The van der Waals surface area contributed by atoms with Gasteiger partial charge >= 0.3 is 0 Å². The van der Waals surface area contributed by atoms with Crippen molar-refractivity contribution in [2.45, 2.75) is 10.8 Å². The fraction of sp³-hybridized carbons (Fsp3) is 0.0169. The predicted octanol–water partition coefficient (Wildman–Crippen LogP) is 30.1. The molecule has 0 aliphatic heterocycles. The molecule has 0 atom stereocenters. The maximum absolute atomic E-state index is 2.47. The quantitative estimate of drug-likeness (QED) is 0.130. The highest BCUT2D eigenvalue weighted by atomic mass is 15.0. The molecule has 568 valence electrons. The van der Waals surface area contributed by atoms with E-state index in [2.05, 4.69) is 479 Å². The number of para-hydroxylation sites is 4. The van der Waals surface area contributed by atoms with E-state index in [1.807, 2.05) is 0 Å². The Morgan fingerprint density at radius 1 is 0.164 bits per heavy atom. The average molecular weight is 1550 g/mol. The van der Waals surface area contributed by atoms with Gasteiger partial charge in [-0.15, -0.1) is 0 Å². The van der Waals surface area contributed by atoms with E-state index in [4.69, 9.17) is 0 Å². The Morgan fingerprint density at radius 3 is 0.967 bits per heavy atom. The molecular formula is C118H76N4. The lowest BCUT2D eigenvalue weighted by molar-refractivity contribution is 0.769. The van der Waals surface area contributed by atoms with E-state index < -0.39 is 10.8 Å². The molecule has 122 heavy (non-hydrogen) atoms. The van der Waals surface area contributed by atoms with Crippen molar-refractivity contribution in [3.8, 4) is 67.3 Å². The number of hydrogen-bond donors (Lipinski definition) is 0. The third-order valence-electron chi connectivity index (χ3n) is 26.7. The zero-order valence-corrected chi connectivity index (χ0v) is 66.7. The number of rotatable bonds is 10. The lowest BCUT2D eigenvalue weighted by Gasteiger charge is -2.34. The molecular weight excluding hydrogens is 1470 g/mol. The molecule has 24 aromatic rings. The summed E-state index contributed by atoms with van der Waals surface area (Å²) in [7, 11) is 0. The fourth-order valence-electron chi connectivity index (χ4n) is 21.7. The molecule has 4 heterocycles. The molecule has 4 heteroatoms. The van der Waals surface area contributed by atoms with Gasteiger partial charge in [-0.3, -0.25) is 0 Å². The third-order valence-corrected chi connectivity index (χ3v) is 26.7. The first-order chi connectivity index (χ1) is 60.5. The number of nitrogens with zero attached hydrogens (tertiary/aromatic N) is 4. The van der Waals surface area contributed by atoms with Gasteiger partial charge in [0.25, 0.3) is 0 Å². The molecule has 0 saturated carbocycles. The second-order valence-corrected chi connectivity index (χ2v) is 32.9. The van der Waals surface area contributed by atoms with E-state index in [0.717, 1.165) is 11.4 Å². The van der Waals surface area contributed by atoms with Crippen molar-refractivity contribution in [1.29, 1.82) is 0 Å². The Kier molecular flexibility index (Phi) is 15.5. The highest BCUT2D eigenvalue weighted by molar-refractivity contribution is 6.21. The molecule has 0 unspecified atom stereocenters. The minimum Gasteiger partial charge on any atom is -0.309 e. The largest absolute Gasteiger partial charge is 0.309 e. The van der Waals surface area contributed by atoms with Crippen molar-refractivity contribution in [1.82, 2.24) is 18.3 Å². The Hall–Kier alpha value is -15.9. The van der Waals surface area contributed by atoms with Crippen molar-refractivity contribution >= 4 is 109 Å². The molecule has 0 saturated heterocycles. The standard InChI is InChI=1S/2C59H38N2/c1-4-18-43(19-5-1)59(44-20-6-2-7-21-44)51-26-14-12-25-48(51)57-52(59)32-35-56-58(57)50-38-42(30-34-55(50)60(56)45-22-8-3-9-23-45)41-29-33-54-49(37-41)47-24-13-15-27-53(47)61(54)46-31-28-39-16-10-11-17-40(39)36-46;1-4-18-43(19-5-1)59(44-20-6-2-7-21-44)52-26-14-12-24-47(52)49-32-35-56-57(58(49)59)51-38-42(30-34-55(51)60(56)45-22-8-3-9-23-45)41-29-33-54-50(37-41)48-25-13-15-27-53(48)61(54)46-31-28-39-16-10-11-17-40(39)36-46/h2*1-38H. The number of benzene rings is 20. The first-order valence-electron chi connectivity index (χ1n) is 42.4. The molecule has 2 aliphatic rings. The summed E-state index contributed by atoms with van der Waals surface area (Å²) in [6.45, 7) is 0. The van der Waals surface area contributed by atoms with Gasteiger partial charge in [-0.2, -0.15) is 0 Å². The minimum atomic E-state index is -0.538. The molecule has 2 aliphatic carbocycles. The normalized spacial score (nSPS) is 13.0. The van der Waals surface area contributed by atoms with Gasteiger partial charge in [0, 0.05) is 65.8 Å². The molecule has 0 spiro atoms. The smallest absolute Gasteiger partial charge is 0.0720 e. The van der Waals surface area contributed by atoms with E-state index >= 15 is 0 Å². The van der Waals surface area contributed by atoms with Gasteiger partial charge in [0.05, 0.1) is 55.0 Å². The maximum Gasteiger partial charge on any atom is 0.0720 e. The minimum absolute atomic E-state index is 0.480. The van der Waals surface area contributed by atoms with Gasteiger partial charge in [-0.1, -0.05) is 340 Å². The van der Waals surface area contributed by atoms with Crippen LogP contribution in [0.5, 0.6) is 0 Å². The molecule has 20 aromatic carbocycles. The monoisotopic (exact) mass is 1550 g/mol. The molecule has 4 aromatic heterocycles. The van der Waals surface area contributed by atoms with Crippen molar-refractivity contribution < 1.29 is 0 Å². The van der Waals surface area contributed by atoms with Gasteiger partial charge in [-0.05, 0) is 232 Å². The lowest BCUT2D eigenvalue weighted by atomic mass is 9.67. The van der Waals surface area contributed by atoms with E-state index in [-0.39, 0.29) is 0 Å². The summed E-state index contributed by atoms with van der Waals surface area (Å²) in [5, 5.41) is 15.0. The van der Waals surface area contributed by atoms with Crippen molar-refractivity contribution in [3.05, 3.63) is 506 Å². The summed E-state index contributed by atoms with van der Waals surface area (Å²) in [5.74, 6) is 0. The van der Waals surface area contributed by atoms with Gasteiger partial charge in [0.1, 0.15) is 0 Å². The zero-order chi connectivity index (χ0) is 80.1. The SMILES string of the molecule is c1ccc(-n2c3ccc(-c4ccc5c(c4)c4ccccc4n5-c4ccc5ccccc5c4)cc3c3c4c(ccc32)-c2ccccc2C4(c2ccccc2)c2ccccc2)cc1.c1ccc(-n2c3ccc(-c4ccc5c(c4)c4ccccc4n5-c4ccc5ccccc5c4)cc3c3c4c(ccc32)C(c2ccccc2)(c2ccccc2)c2ccccc2-4)cc1. The number of hydrogen-bond acceptors (Lipinski definition) is 0. The van der Waals surface area contributed by atoms with Crippen LogP contribution in [0.3, 0.4) is 0 Å². The third kappa shape index (κ3) is 10.2. The first kappa shape index (κ1) is 69.3. The highest BCUT2D eigenvalue weighted by Gasteiger charge is 2.49. The Labute approximate surface area is 705 Å². The van der Waals surface area contributed by atoms with E-state index in [9.17, 15) is 0 Å². The Bertz CT molecular complexity index is 8280. The van der Waals surface area contributed by atoms with Crippen LogP contribution in [0.4, 0.5) is 0 Å². The average Bonchev–Trinajstić information content (AvgIpc) is 1.51. The van der Waals surface area contributed by atoms with Gasteiger partial charge < -0.3 is 18.3 Å². The van der Waals surface area contributed by atoms with Crippen LogP contribution in [-0.4, -0.2) is 18.3 Å². The summed E-state index contributed by atoms with van der Waals surface area (Å²) in [6.07, 6.45) is 0. The van der Waals surface area contributed by atoms with Gasteiger partial charge in [0.2, 0.25) is 0 Å². The Morgan fingerprint density at radius 2 is 0.492 bits per heavy atom.